The number of aromatic amines is 1. The van der Waals surface area contributed by atoms with Crippen LogP contribution in [0.15, 0.2) is 15.8 Å². The van der Waals surface area contributed by atoms with Crippen LogP contribution < -0.4 is 16.6 Å². The summed E-state index contributed by atoms with van der Waals surface area (Å²) in [5.41, 5.74) is -0.816. The smallest absolute Gasteiger partial charge is 0.328 e. The summed E-state index contributed by atoms with van der Waals surface area (Å²) in [4.78, 5) is 36.8. The van der Waals surface area contributed by atoms with Crippen molar-refractivity contribution >= 4 is 5.91 Å². The number of nitrogens with one attached hydrogen (secondary N) is 2. The minimum absolute atomic E-state index is 0.00562. The molecule has 0 aliphatic rings. The third kappa shape index (κ3) is 7.79. The quantitative estimate of drug-likeness (QED) is 0.599. The normalized spacial score (nSPS) is 9.58. The van der Waals surface area contributed by atoms with Gasteiger partial charge in [-0.05, 0) is 20.3 Å². The molecule has 2 N–H and O–H groups in total. The number of ether oxygens (including phenoxy) is 1. The second-order valence-corrected chi connectivity index (χ2v) is 4.93. The first-order chi connectivity index (χ1) is 11.5. The lowest BCUT2D eigenvalue weighted by atomic mass is 10.3. The Hall–Kier alpha value is -2.33. The monoisotopic (exact) mass is 337 g/mol. The summed E-state index contributed by atoms with van der Waals surface area (Å²) in [6.45, 7) is 10.2. The number of amides is 1. The molecule has 7 nitrogen and oxygen atoms in total. The van der Waals surface area contributed by atoms with Crippen LogP contribution in [0.3, 0.4) is 0 Å². The van der Waals surface area contributed by atoms with Crippen LogP contribution >= 0.6 is 0 Å². The summed E-state index contributed by atoms with van der Waals surface area (Å²) in [6, 6.07) is -0.0830. The highest BCUT2D eigenvalue weighted by molar-refractivity contribution is 5.77. The highest BCUT2D eigenvalue weighted by atomic mass is 16.5. The zero-order valence-corrected chi connectivity index (χ0v) is 15.1. The van der Waals surface area contributed by atoms with Gasteiger partial charge >= 0.3 is 5.69 Å². The average molecular weight is 337 g/mol. The van der Waals surface area contributed by atoms with E-state index in [4.69, 9.17) is 4.74 Å². The van der Waals surface area contributed by atoms with Crippen molar-refractivity contribution < 1.29 is 9.53 Å². The maximum Gasteiger partial charge on any atom is 0.328 e. The van der Waals surface area contributed by atoms with Crippen LogP contribution in [0.2, 0.25) is 0 Å². The predicted molar refractivity (Wildman–Crippen MR) is 94.1 cm³/mol. The molecule has 0 spiro atoms. The zero-order chi connectivity index (χ0) is 18.5. The summed E-state index contributed by atoms with van der Waals surface area (Å²) in [5.74, 6) is 5.07. The Balaban J connectivity index is 0.00000254. The fourth-order valence-electron chi connectivity index (χ4n) is 1.60. The van der Waals surface area contributed by atoms with Gasteiger partial charge in [0.2, 0.25) is 5.91 Å². The van der Waals surface area contributed by atoms with E-state index in [1.807, 2.05) is 34.6 Å². The molecule has 0 radical (unpaired) electrons. The van der Waals surface area contributed by atoms with Gasteiger partial charge in [0, 0.05) is 18.8 Å². The van der Waals surface area contributed by atoms with E-state index in [2.05, 4.69) is 22.1 Å². The number of nitrogens with zero attached hydrogens (tertiary/aromatic N) is 1. The highest BCUT2D eigenvalue weighted by Crippen LogP contribution is 1.98. The summed E-state index contributed by atoms with van der Waals surface area (Å²) >= 11 is 0. The van der Waals surface area contributed by atoms with E-state index in [0.29, 0.717) is 6.61 Å². The second kappa shape index (κ2) is 12.1. The van der Waals surface area contributed by atoms with Crippen molar-refractivity contribution in [3.05, 3.63) is 32.6 Å². The number of hydrogen-bond acceptors (Lipinski definition) is 4. The third-order valence-electron chi connectivity index (χ3n) is 2.70. The summed E-state index contributed by atoms with van der Waals surface area (Å²) in [5, 5.41) is 2.56. The van der Waals surface area contributed by atoms with Crippen LogP contribution in [0.4, 0.5) is 0 Å². The summed E-state index contributed by atoms with van der Waals surface area (Å²) < 4.78 is 6.47. The SMILES string of the molecule is CC.CCCOCC(=O)NCC#Cc1cn(C(C)C)c(=O)[nH]c1=O. The predicted octanol–water partition coefficient (Wildman–Crippen LogP) is 1.04. The molecule has 0 bridgehead atoms. The van der Waals surface area contributed by atoms with Crippen molar-refractivity contribution in [3.8, 4) is 11.8 Å². The molecule has 0 aliphatic carbocycles. The van der Waals surface area contributed by atoms with Crippen molar-refractivity contribution in [1.29, 1.82) is 0 Å². The number of hydrogen-bond donors (Lipinski definition) is 2. The van der Waals surface area contributed by atoms with Crippen LogP contribution in [0, 0.1) is 11.8 Å². The van der Waals surface area contributed by atoms with Gasteiger partial charge < -0.3 is 10.1 Å². The number of carbonyl (C=O) groups excluding carboxylic acids is 1. The minimum Gasteiger partial charge on any atom is -0.372 e. The van der Waals surface area contributed by atoms with Crippen LogP contribution in [0.1, 0.15) is 52.6 Å². The number of H-pyrrole nitrogens is 1. The van der Waals surface area contributed by atoms with E-state index in [9.17, 15) is 14.4 Å². The van der Waals surface area contributed by atoms with Crippen LogP contribution in [0.25, 0.3) is 0 Å². The number of rotatable bonds is 6. The Bertz CT molecular complexity index is 678. The summed E-state index contributed by atoms with van der Waals surface area (Å²) in [7, 11) is 0. The van der Waals surface area contributed by atoms with Gasteiger partial charge in [0.05, 0.1) is 6.54 Å². The molecule has 0 fully saturated rings. The molecule has 1 aromatic heterocycles. The van der Waals surface area contributed by atoms with Crippen molar-refractivity contribution in [3.63, 3.8) is 0 Å². The lowest BCUT2D eigenvalue weighted by Gasteiger charge is -2.08. The van der Waals surface area contributed by atoms with Gasteiger partial charge in [-0.1, -0.05) is 32.6 Å². The Morgan fingerprint density at radius 3 is 2.62 bits per heavy atom. The molecule has 24 heavy (non-hydrogen) atoms. The van der Waals surface area contributed by atoms with Gasteiger partial charge in [0.15, 0.2) is 0 Å². The van der Waals surface area contributed by atoms with Crippen molar-refractivity contribution in [2.75, 3.05) is 19.8 Å². The maximum atomic E-state index is 11.6. The van der Waals surface area contributed by atoms with E-state index in [0.717, 1.165) is 6.42 Å². The molecule has 0 saturated heterocycles. The summed E-state index contributed by atoms with van der Waals surface area (Å²) in [6.07, 6.45) is 2.27. The molecule has 1 rings (SSSR count). The molecule has 1 heterocycles. The standard InChI is InChI=1S/C15H21N3O4.C2H6/c1-4-8-22-10-13(19)16-7-5-6-12-9-18(11(2)3)15(21)17-14(12)20;1-2/h9,11H,4,7-8,10H2,1-3H3,(H,16,19)(H,17,20,21);1-2H3. The Morgan fingerprint density at radius 1 is 1.38 bits per heavy atom. The second-order valence-electron chi connectivity index (χ2n) is 4.93. The van der Waals surface area contributed by atoms with E-state index >= 15 is 0 Å². The molecule has 1 amide bonds. The van der Waals surface area contributed by atoms with Gasteiger partial charge in [-0.3, -0.25) is 19.1 Å². The molecule has 0 aromatic carbocycles. The average Bonchev–Trinajstić information content (AvgIpc) is 2.55. The lowest BCUT2D eigenvalue weighted by molar-refractivity contribution is -0.125. The Labute approximate surface area is 142 Å². The van der Waals surface area contributed by atoms with E-state index in [-0.39, 0.29) is 30.7 Å². The fourth-order valence-corrected chi connectivity index (χ4v) is 1.60. The number of aromatic nitrogens is 2. The maximum absolute atomic E-state index is 11.6. The fraction of sp³-hybridized carbons (Fsp3) is 0.588. The van der Waals surface area contributed by atoms with Crippen LogP contribution in [-0.2, 0) is 9.53 Å². The molecule has 1 aromatic rings. The largest absolute Gasteiger partial charge is 0.372 e. The highest BCUT2D eigenvalue weighted by Gasteiger charge is 2.05. The van der Waals surface area contributed by atoms with Gasteiger partial charge in [0.25, 0.3) is 5.56 Å². The first kappa shape index (κ1) is 21.7. The zero-order valence-electron chi connectivity index (χ0n) is 15.1. The minimum atomic E-state index is -0.535. The molecule has 0 unspecified atom stereocenters. The first-order valence-electron chi connectivity index (χ1n) is 8.14. The van der Waals surface area contributed by atoms with Crippen molar-refractivity contribution in [2.24, 2.45) is 0 Å². The Kier molecular flexibility index (Phi) is 11.0. The van der Waals surface area contributed by atoms with E-state index in [1.165, 1.54) is 10.8 Å². The third-order valence-corrected chi connectivity index (χ3v) is 2.70. The number of carbonyl (C=O) groups is 1. The van der Waals surface area contributed by atoms with E-state index in [1.54, 1.807) is 0 Å². The van der Waals surface area contributed by atoms with Crippen LogP contribution in [-0.4, -0.2) is 35.2 Å². The molecule has 0 aliphatic heterocycles. The van der Waals surface area contributed by atoms with Crippen molar-refractivity contribution in [1.82, 2.24) is 14.9 Å². The van der Waals surface area contributed by atoms with Crippen LogP contribution in [0.5, 0.6) is 0 Å². The molecule has 0 saturated carbocycles. The van der Waals surface area contributed by atoms with Gasteiger partial charge in [0.1, 0.15) is 12.2 Å². The molecular formula is C17H27N3O4. The lowest BCUT2D eigenvalue weighted by Crippen LogP contribution is -2.32. The molecule has 7 heteroatoms. The Morgan fingerprint density at radius 2 is 2.04 bits per heavy atom. The molecule has 134 valence electrons. The molecular weight excluding hydrogens is 310 g/mol. The molecule has 0 atom stereocenters. The topological polar surface area (TPSA) is 93.2 Å². The van der Waals surface area contributed by atoms with E-state index < -0.39 is 11.2 Å². The first-order valence-corrected chi connectivity index (χ1v) is 8.14. The van der Waals surface area contributed by atoms with Gasteiger partial charge in [-0.25, -0.2) is 4.79 Å². The van der Waals surface area contributed by atoms with Gasteiger partial charge in [-0.15, -0.1) is 0 Å². The van der Waals surface area contributed by atoms with Gasteiger partial charge in [-0.2, -0.15) is 0 Å². The van der Waals surface area contributed by atoms with Crippen molar-refractivity contribution in [2.45, 2.75) is 47.1 Å².